The summed E-state index contributed by atoms with van der Waals surface area (Å²) < 4.78 is 12.2. The van der Waals surface area contributed by atoms with Gasteiger partial charge in [0.05, 0.1) is 11.6 Å². The van der Waals surface area contributed by atoms with Crippen molar-refractivity contribution >= 4 is 29.0 Å². The third kappa shape index (κ3) is 4.28. The Morgan fingerprint density at radius 3 is 2.88 bits per heavy atom. The highest BCUT2D eigenvalue weighted by atomic mass is 35.5. The van der Waals surface area contributed by atoms with Crippen LogP contribution < -0.4 is 15.0 Å². The van der Waals surface area contributed by atoms with Crippen LogP contribution in [0.1, 0.15) is 12.8 Å². The van der Waals surface area contributed by atoms with E-state index in [0.29, 0.717) is 36.3 Å². The Balaban J connectivity index is 1.66. The molecule has 1 amide bonds. The molecule has 1 atom stereocenters. The van der Waals surface area contributed by atoms with Crippen molar-refractivity contribution in [3.05, 3.63) is 35.5 Å². The fourth-order valence-corrected chi connectivity index (χ4v) is 3.16. The maximum absolute atomic E-state index is 12.8. The normalized spacial score (nSPS) is 17.4. The largest absolute Gasteiger partial charge is 0.490 e. The van der Waals surface area contributed by atoms with E-state index in [1.165, 1.54) is 0 Å². The highest BCUT2D eigenvalue weighted by Crippen LogP contribution is 2.29. The van der Waals surface area contributed by atoms with Crippen LogP contribution in [0, 0.1) is 0 Å². The summed E-state index contributed by atoms with van der Waals surface area (Å²) in [5.74, 6) is 1.30. The van der Waals surface area contributed by atoms with Gasteiger partial charge in [-0.25, -0.2) is 0 Å². The molecule has 0 bridgehead atoms. The van der Waals surface area contributed by atoms with Crippen molar-refractivity contribution in [2.75, 3.05) is 37.1 Å². The predicted molar refractivity (Wildman–Crippen MR) is 101 cm³/mol. The Morgan fingerprint density at radius 2 is 2.19 bits per heavy atom. The number of carbonyl (C=O) groups excluding carboxylic acids is 1. The second-order valence-corrected chi connectivity index (χ2v) is 6.57. The van der Waals surface area contributed by atoms with E-state index >= 15 is 0 Å². The van der Waals surface area contributed by atoms with E-state index in [1.807, 2.05) is 25.4 Å². The lowest BCUT2D eigenvalue weighted by Crippen LogP contribution is -2.48. The molecule has 1 aliphatic rings. The average Bonchev–Trinajstić information content (AvgIpc) is 3.05. The van der Waals surface area contributed by atoms with Gasteiger partial charge in [-0.05, 0) is 31.0 Å². The van der Waals surface area contributed by atoms with Gasteiger partial charge in [-0.1, -0.05) is 11.6 Å². The number of nitrogens with zero attached hydrogens (tertiary/aromatic N) is 3. The van der Waals surface area contributed by atoms with E-state index < -0.39 is 0 Å². The van der Waals surface area contributed by atoms with Crippen LogP contribution in [0.15, 0.2) is 30.5 Å². The third-order valence-electron chi connectivity index (χ3n) is 4.23. The van der Waals surface area contributed by atoms with E-state index in [1.54, 1.807) is 28.8 Å². The molecule has 26 heavy (non-hydrogen) atoms. The molecule has 2 aromatic rings. The first-order chi connectivity index (χ1) is 12.6. The first-order valence-corrected chi connectivity index (χ1v) is 8.95. The number of methoxy groups -OCH3 is 1. The van der Waals surface area contributed by atoms with E-state index in [9.17, 15) is 4.79 Å². The lowest BCUT2D eigenvalue weighted by atomic mass is 10.0. The number of anilines is 2. The average molecular weight is 379 g/mol. The lowest BCUT2D eigenvalue weighted by molar-refractivity contribution is -0.120. The molecule has 1 aliphatic heterocycles. The number of carbonyl (C=O) groups is 1. The molecule has 1 N–H and O–H groups in total. The molecule has 0 aliphatic carbocycles. The number of nitrogens with one attached hydrogen (secondary N) is 1. The van der Waals surface area contributed by atoms with Gasteiger partial charge in [0.25, 0.3) is 5.91 Å². The molecule has 2 heterocycles. The molecule has 1 aromatic heterocycles. The number of ether oxygens (including phenoxy) is 2. The van der Waals surface area contributed by atoms with Crippen molar-refractivity contribution in [3.63, 3.8) is 0 Å². The molecule has 1 aromatic carbocycles. The van der Waals surface area contributed by atoms with Gasteiger partial charge in [0, 0.05) is 38.7 Å². The van der Waals surface area contributed by atoms with Crippen LogP contribution in [0.2, 0.25) is 5.02 Å². The topological polar surface area (TPSA) is 68.6 Å². The van der Waals surface area contributed by atoms with Crippen molar-refractivity contribution in [2.24, 2.45) is 7.05 Å². The fourth-order valence-electron chi connectivity index (χ4n) is 2.93. The van der Waals surface area contributed by atoms with Crippen molar-refractivity contribution in [2.45, 2.75) is 18.9 Å². The summed E-state index contributed by atoms with van der Waals surface area (Å²) in [4.78, 5) is 14.5. The number of rotatable bonds is 7. The molecule has 1 saturated heterocycles. The number of benzene rings is 1. The lowest BCUT2D eigenvalue weighted by Gasteiger charge is -2.31. The Hall–Kier alpha value is -2.25. The summed E-state index contributed by atoms with van der Waals surface area (Å²) in [6.07, 6.45) is 3.51. The highest BCUT2D eigenvalue weighted by Gasteiger charge is 2.30. The predicted octanol–water partition coefficient (Wildman–Crippen LogP) is 2.71. The highest BCUT2D eigenvalue weighted by molar-refractivity contribution is 6.32. The fraction of sp³-hybridized carbons (Fsp3) is 0.444. The molecule has 0 saturated carbocycles. The van der Waals surface area contributed by atoms with Crippen molar-refractivity contribution in [3.8, 4) is 5.75 Å². The number of aromatic nitrogens is 2. The van der Waals surface area contributed by atoms with Crippen molar-refractivity contribution in [1.82, 2.24) is 9.78 Å². The molecule has 0 unspecified atom stereocenters. The molecule has 7 nitrogen and oxygen atoms in total. The monoisotopic (exact) mass is 378 g/mol. The number of piperidine rings is 1. The Bertz CT molecular complexity index is 765. The Kier molecular flexibility index (Phi) is 6.00. The molecule has 3 rings (SSSR count). The summed E-state index contributed by atoms with van der Waals surface area (Å²) in [5.41, 5.74) is 0.787. The van der Waals surface area contributed by atoms with Crippen LogP contribution in [0.4, 0.5) is 11.5 Å². The maximum atomic E-state index is 12.8. The van der Waals surface area contributed by atoms with Gasteiger partial charge < -0.3 is 14.8 Å². The minimum atomic E-state index is -0.304. The SMILES string of the molecule is COCCOc1ccc(N[C@H]2CCCN(c3ccn(C)n3)C2=O)cc1Cl. The van der Waals surface area contributed by atoms with E-state index in [2.05, 4.69) is 10.4 Å². The minimum absolute atomic E-state index is 0.0199. The smallest absolute Gasteiger partial charge is 0.250 e. The molecule has 1 fully saturated rings. The van der Waals surface area contributed by atoms with Crippen molar-refractivity contribution < 1.29 is 14.3 Å². The Morgan fingerprint density at radius 1 is 1.35 bits per heavy atom. The van der Waals surface area contributed by atoms with Crippen LogP contribution in [0.3, 0.4) is 0 Å². The maximum Gasteiger partial charge on any atom is 0.250 e. The summed E-state index contributed by atoms with van der Waals surface area (Å²) >= 11 is 6.28. The van der Waals surface area contributed by atoms with E-state index in [0.717, 1.165) is 18.5 Å². The molecular formula is C18H23ClN4O3. The number of halogens is 1. The number of hydrogen-bond donors (Lipinski definition) is 1. The standard InChI is InChI=1S/C18H23ClN4O3/c1-22-9-7-17(21-22)23-8-3-4-15(18(23)24)20-13-5-6-16(14(19)12-13)26-11-10-25-2/h5-7,9,12,15,20H,3-4,8,10-11H2,1-2H3/t15-/m0/s1. The number of aryl methyl sites for hydroxylation is 1. The number of amides is 1. The second kappa shape index (κ2) is 8.42. The van der Waals surface area contributed by atoms with Crippen molar-refractivity contribution in [1.29, 1.82) is 0 Å². The second-order valence-electron chi connectivity index (χ2n) is 6.16. The summed E-state index contributed by atoms with van der Waals surface area (Å²) in [5, 5.41) is 8.11. The zero-order valence-electron chi connectivity index (χ0n) is 14.9. The Labute approximate surface area is 157 Å². The van der Waals surface area contributed by atoms with Crippen LogP contribution in [0.5, 0.6) is 5.75 Å². The van der Waals surface area contributed by atoms with Crippen LogP contribution in [-0.2, 0) is 16.6 Å². The van der Waals surface area contributed by atoms with Gasteiger partial charge in [0.2, 0.25) is 0 Å². The molecule has 140 valence electrons. The van der Waals surface area contributed by atoms with Gasteiger partial charge in [0.15, 0.2) is 5.82 Å². The quantitative estimate of drug-likeness (QED) is 0.750. The molecular weight excluding hydrogens is 356 g/mol. The zero-order valence-corrected chi connectivity index (χ0v) is 15.7. The van der Waals surface area contributed by atoms with Gasteiger partial charge in [-0.2, -0.15) is 5.10 Å². The summed E-state index contributed by atoms with van der Waals surface area (Å²) in [6.45, 7) is 1.61. The van der Waals surface area contributed by atoms with Crippen LogP contribution >= 0.6 is 11.6 Å². The van der Waals surface area contributed by atoms with Gasteiger partial charge in [0.1, 0.15) is 18.4 Å². The van der Waals surface area contributed by atoms with Crippen LogP contribution in [0.25, 0.3) is 0 Å². The molecule has 0 radical (unpaired) electrons. The van der Waals surface area contributed by atoms with Gasteiger partial charge >= 0.3 is 0 Å². The van der Waals surface area contributed by atoms with E-state index in [-0.39, 0.29) is 11.9 Å². The van der Waals surface area contributed by atoms with E-state index in [4.69, 9.17) is 21.1 Å². The zero-order chi connectivity index (χ0) is 18.5. The minimum Gasteiger partial charge on any atom is -0.490 e. The van der Waals surface area contributed by atoms with Gasteiger partial charge in [-0.3, -0.25) is 14.4 Å². The first-order valence-electron chi connectivity index (χ1n) is 8.57. The molecule has 8 heteroatoms. The molecule has 0 spiro atoms. The van der Waals surface area contributed by atoms with Gasteiger partial charge in [-0.15, -0.1) is 0 Å². The summed E-state index contributed by atoms with van der Waals surface area (Å²) in [6, 6.07) is 6.98. The third-order valence-corrected chi connectivity index (χ3v) is 4.53. The summed E-state index contributed by atoms with van der Waals surface area (Å²) in [7, 11) is 3.46. The van der Waals surface area contributed by atoms with Crippen LogP contribution in [-0.4, -0.2) is 48.6 Å². The number of hydrogen-bond acceptors (Lipinski definition) is 5. The first kappa shape index (κ1) is 18.5.